The Morgan fingerprint density at radius 2 is 1.60 bits per heavy atom. The predicted molar refractivity (Wildman–Crippen MR) is 174 cm³/mol. The number of carbonyl (C=O) groups excluding carboxylic acids is 2. The molecule has 2 N–H and O–H groups in total. The van der Waals surface area contributed by atoms with Gasteiger partial charge in [0.05, 0.1) is 16.7 Å². The molecule has 0 aliphatic carbocycles. The zero-order chi connectivity index (χ0) is 31.2. The molecule has 2 atom stereocenters. The van der Waals surface area contributed by atoms with Crippen LogP contribution in [0.25, 0.3) is 27.6 Å². The molecule has 0 spiro atoms. The average molecular weight is 573 g/mol. The van der Waals surface area contributed by atoms with E-state index in [1.165, 1.54) is 0 Å². The first-order valence-electron chi connectivity index (χ1n) is 15.1. The van der Waals surface area contributed by atoms with E-state index in [1.807, 2.05) is 108 Å². The lowest BCUT2D eigenvalue weighted by Crippen LogP contribution is -2.61. The summed E-state index contributed by atoms with van der Waals surface area (Å²) in [6, 6.07) is 16.9. The van der Waals surface area contributed by atoms with Crippen LogP contribution in [0.5, 0.6) is 0 Å². The van der Waals surface area contributed by atoms with Crippen LogP contribution in [0.3, 0.4) is 0 Å². The number of rotatable bonds is 5. The molecule has 8 heteroatoms. The maximum absolute atomic E-state index is 14.0. The van der Waals surface area contributed by atoms with E-state index in [-0.39, 0.29) is 17.9 Å². The third-order valence-electron chi connectivity index (χ3n) is 7.48. The highest BCUT2D eigenvalue weighted by molar-refractivity contribution is 6.00. The number of amides is 2. The molecule has 226 valence electrons. The Kier molecular flexibility index (Phi) is 10.6. The maximum atomic E-state index is 14.0. The number of hydrogen-bond acceptors (Lipinski definition) is 4. The van der Waals surface area contributed by atoms with Crippen molar-refractivity contribution in [3.8, 4) is 0 Å². The van der Waals surface area contributed by atoms with Gasteiger partial charge in [-0.05, 0) is 36.6 Å². The molecule has 1 fully saturated rings. The molecule has 2 aromatic carbocycles. The van der Waals surface area contributed by atoms with E-state index in [9.17, 15) is 9.59 Å². The number of nitrogens with zero attached hydrogens (tertiary/aromatic N) is 4. The predicted octanol–water partition coefficient (Wildman–Crippen LogP) is 6.79. The zero-order valence-electron chi connectivity index (χ0n) is 26.8. The SMILES string of the molecule is C=C(c1nc2ccccc2[nH]1)N1CCN(C(=O)[C@@H](N(C)C(=O)c2cc3ccccc3[nH]2)C(C)(C)C)C(C)C1.CC.CC. The molecule has 3 heterocycles. The van der Waals surface area contributed by atoms with Gasteiger partial charge >= 0.3 is 0 Å². The van der Waals surface area contributed by atoms with Crippen molar-refractivity contribution < 1.29 is 9.59 Å². The Hall–Kier alpha value is -4.07. The number of nitrogens with one attached hydrogen (secondary N) is 2. The number of imidazole rings is 1. The van der Waals surface area contributed by atoms with Crippen molar-refractivity contribution >= 4 is 39.4 Å². The number of carbonyl (C=O) groups is 2. The van der Waals surface area contributed by atoms with Crippen molar-refractivity contribution in [3.05, 3.63) is 72.7 Å². The topological polar surface area (TPSA) is 88.3 Å². The summed E-state index contributed by atoms with van der Waals surface area (Å²) >= 11 is 0. The highest BCUT2D eigenvalue weighted by Gasteiger charge is 2.42. The summed E-state index contributed by atoms with van der Waals surface area (Å²) in [6.07, 6.45) is 0. The zero-order valence-corrected chi connectivity index (χ0v) is 26.8. The molecule has 2 amide bonds. The molecule has 0 saturated carbocycles. The minimum atomic E-state index is -0.617. The van der Waals surface area contributed by atoms with E-state index in [4.69, 9.17) is 4.98 Å². The molecular formula is C34H48N6O2. The van der Waals surface area contributed by atoms with Crippen LogP contribution in [0.15, 0.2) is 61.2 Å². The summed E-state index contributed by atoms with van der Waals surface area (Å²) in [5.74, 6) is 0.513. The lowest BCUT2D eigenvalue weighted by atomic mass is 9.84. The fourth-order valence-corrected chi connectivity index (χ4v) is 5.54. The van der Waals surface area contributed by atoms with Gasteiger partial charge in [-0.1, -0.05) is 85.4 Å². The molecule has 0 bridgehead atoms. The van der Waals surface area contributed by atoms with Gasteiger partial charge in [-0.15, -0.1) is 0 Å². The minimum Gasteiger partial charge on any atom is -0.365 e. The Balaban J connectivity index is 0.00000116. The van der Waals surface area contributed by atoms with Gasteiger partial charge in [0.2, 0.25) is 5.91 Å². The van der Waals surface area contributed by atoms with Gasteiger partial charge in [0.1, 0.15) is 11.7 Å². The average Bonchev–Trinajstić information content (AvgIpc) is 3.62. The molecule has 0 radical (unpaired) electrons. The molecule has 2 aromatic heterocycles. The third-order valence-corrected chi connectivity index (χ3v) is 7.48. The number of likely N-dealkylation sites (N-methyl/N-ethyl adjacent to an activating group) is 1. The van der Waals surface area contributed by atoms with Gasteiger partial charge < -0.3 is 24.7 Å². The first-order chi connectivity index (χ1) is 20.0. The number of fused-ring (bicyclic) bond motifs is 2. The van der Waals surface area contributed by atoms with Crippen LogP contribution in [-0.2, 0) is 4.79 Å². The fourth-order valence-electron chi connectivity index (χ4n) is 5.54. The Morgan fingerprint density at radius 1 is 0.976 bits per heavy atom. The number of benzene rings is 2. The van der Waals surface area contributed by atoms with E-state index in [2.05, 4.69) is 28.4 Å². The fraction of sp³-hybridized carbons (Fsp3) is 0.441. The summed E-state index contributed by atoms with van der Waals surface area (Å²) in [5.41, 5.74) is 3.62. The van der Waals surface area contributed by atoms with Gasteiger partial charge in [-0.2, -0.15) is 0 Å². The van der Waals surface area contributed by atoms with Crippen molar-refractivity contribution in [1.82, 2.24) is 29.7 Å². The first-order valence-corrected chi connectivity index (χ1v) is 15.1. The number of piperazine rings is 1. The van der Waals surface area contributed by atoms with Gasteiger partial charge in [0.25, 0.3) is 5.91 Å². The van der Waals surface area contributed by atoms with E-state index >= 15 is 0 Å². The Morgan fingerprint density at radius 3 is 2.19 bits per heavy atom. The van der Waals surface area contributed by atoms with Gasteiger partial charge in [-0.3, -0.25) is 9.59 Å². The summed E-state index contributed by atoms with van der Waals surface area (Å²) in [5, 5.41) is 0.970. The lowest BCUT2D eigenvalue weighted by molar-refractivity contribution is -0.143. The Labute approximate surface area is 250 Å². The lowest BCUT2D eigenvalue weighted by Gasteiger charge is -2.46. The normalized spacial score (nSPS) is 15.8. The molecule has 1 unspecified atom stereocenters. The van der Waals surface area contributed by atoms with Crippen LogP contribution in [-0.4, -0.2) is 80.2 Å². The van der Waals surface area contributed by atoms with Crippen molar-refractivity contribution in [1.29, 1.82) is 0 Å². The highest BCUT2D eigenvalue weighted by Crippen LogP contribution is 2.30. The number of aromatic amines is 2. The second-order valence-corrected chi connectivity index (χ2v) is 11.3. The second-order valence-electron chi connectivity index (χ2n) is 11.3. The minimum absolute atomic E-state index is 0.0361. The van der Waals surface area contributed by atoms with Crippen LogP contribution < -0.4 is 0 Å². The maximum Gasteiger partial charge on any atom is 0.270 e. The number of para-hydroxylation sites is 3. The summed E-state index contributed by atoms with van der Waals surface area (Å²) in [6.45, 7) is 22.2. The molecule has 4 aromatic rings. The Bertz CT molecular complexity index is 1450. The van der Waals surface area contributed by atoms with Gasteiger partial charge in [-0.25, -0.2) is 4.98 Å². The molecule has 42 heavy (non-hydrogen) atoms. The van der Waals surface area contributed by atoms with E-state index in [0.29, 0.717) is 25.3 Å². The van der Waals surface area contributed by atoms with E-state index in [0.717, 1.165) is 33.5 Å². The molecular weight excluding hydrogens is 524 g/mol. The van der Waals surface area contributed by atoms with Gasteiger partial charge in [0.15, 0.2) is 5.82 Å². The van der Waals surface area contributed by atoms with Crippen molar-refractivity contribution in [2.24, 2.45) is 5.41 Å². The van der Waals surface area contributed by atoms with Crippen LogP contribution in [0, 0.1) is 5.41 Å². The summed E-state index contributed by atoms with van der Waals surface area (Å²) in [7, 11) is 1.73. The second kappa shape index (κ2) is 13.7. The monoisotopic (exact) mass is 572 g/mol. The first kappa shape index (κ1) is 32.4. The van der Waals surface area contributed by atoms with Gasteiger partial charge in [0, 0.05) is 43.6 Å². The third kappa shape index (κ3) is 6.69. The van der Waals surface area contributed by atoms with Crippen molar-refractivity contribution in [3.63, 3.8) is 0 Å². The standard InChI is InChI=1S/C30H36N6O2.2C2H6/c1-19-18-35(20(2)27-32-23-13-9-10-14-24(23)33-27)15-16-36(19)29(38)26(30(3,4)5)34(6)28(37)25-17-21-11-7-8-12-22(21)31-25;2*1-2/h7-14,17,19,26,31H,2,15-16,18H2,1,3-6H3,(H,32,33);2*1-2H3/t19?,26-;;/m1../s1. The highest BCUT2D eigenvalue weighted by atomic mass is 16.2. The summed E-state index contributed by atoms with van der Waals surface area (Å²) < 4.78 is 0. The number of aromatic nitrogens is 3. The largest absolute Gasteiger partial charge is 0.365 e. The van der Waals surface area contributed by atoms with Crippen LogP contribution in [0.4, 0.5) is 0 Å². The molecule has 5 rings (SSSR count). The number of H-pyrrole nitrogens is 2. The smallest absolute Gasteiger partial charge is 0.270 e. The summed E-state index contributed by atoms with van der Waals surface area (Å²) in [4.78, 5) is 44.5. The molecule has 1 aliphatic rings. The quantitative estimate of drug-likeness (QED) is 0.276. The molecule has 1 saturated heterocycles. The van der Waals surface area contributed by atoms with E-state index < -0.39 is 11.5 Å². The van der Waals surface area contributed by atoms with Crippen LogP contribution in [0.1, 0.15) is 71.7 Å². The number of hydrogen-bond donors (Lipinski definition) is 2. The van der Waals surface area contributed by atoms with Crippen molar-refractivity contribution in [2.75, 3.05) is 26.7 Å². The van der Waals surface area contributed by atoms with E-state index in [1.54, 1.807) is 11.9 Å². The van der Waals surface area contributed by atoms with Crippen LogP contribution >= 0.6 is 0 Å². The molecule has 8 nitrogen and oxygen atoms in total. The molecule has 1 aliphatic heterocycles. The van der Waals surface area contributed by atoms with Crippen molar-refractivity contribution in [2.45, 2.75) is 67.5 Å². The van der Waals surface area contributed by atoms with Crippen LogP contribution in [0.2, 0.25) is 0 Å².